The number of nitrogens with two attached hydrogens (primary N) is 1. The van der Waals surface area contributed by atoms with Crippen LogP contribution in [0.1, 0.15) is 23.6 Å². The van der Waals surface area contributed by atoms with Crippen molar-refractivity contribution in [2.45, 2.75) is 32.5 Å². The van der Waals surface area contributed by atoms with Crippen LogP contribution < -0.4 is 5.73 Å². The Morgan fingerprint density at radius 2 is 2.00 bits per heavy atom. The molecule has 0 radical (unpaired) electrons. The lowest BCUT2D eigenvalue weighted by Gasteiger charge is -2.26. The zero-order valence-corrected chi connectivity index (χ0v) is 9.51. The highest BCUT2D eigenvalue weighted by molar-refractivity contribution is 5.40. The summed E-state index contributed by atoms with van der Waals surface area (Å²) in [6, 6.07) is 2.99. The van der Waals surface area contributed by atoms with Gasteiger partial charge < -0.3 is 5.73 Å². The molecule has 2 N–H and O–H groups in total. The Morgan fingerprint density at radius 1 is 1.44 bits per heavy atom. The average molecular weight is 224 g/mol. The maximum Gasteiger partial charge on any atom is 0.164 e. The summed E-state index contributed by atoms with van der Waals surface area (Å²) in [5, 5.41) is 8.65. The molecule has 2 nitrogen and oxygen atoms in total. The third-order valence-corrected chi connectivity index (χ3v) is 2.90. The van der Waals surface area contributed by atoms with Gasteiger partial charge in [-0.25, -0.2) is 8.78 Å². The van der Waals surface area contributed by atoms with Gasteiger partial charge in [-0.15, -0.1) is 0 Å². The van der Waals surface area contributed by atoms with Crippen molar-refractivity contribution < 1.29 is 8.78 Å². The molecule has 0 aliphatic carbocycles. The van der Waals surface area contributed by atoms with Crippen LogP contribution in [0.5, 0.6) is 0 Å². The molecule has 0 bridgehead atoms. The van der Waals surface area contributed by atoms with Crippen LogP contribution in [0, 0.1) is 31.0 Å². The number of rotatable bonds is 2. The number of nitriles is 1. The van der Waals surface area contributed by atoms with Gasteiger partial charge in [0.2, 0.25) is 0 Å². The van der Waals surface area contributed by atoms with E-state index in [1.54, 1.807) is 26.0 Å². The normalized spacial score (nSPS) is 16.3. The first kappa shape index (κ1) is 12.6. The fraction of sp³-hybridized carbons (Fsp3) is 0.417. The smallest absolute Gasteiger partial charge is 0.164 e. The van der Waals surface area contributed by atoms with Gasteiger partial charge in [0.25, 0.3) is 0 Å². The Kier molecular flexibility index (Phi) is 3.30. The molecule has 2 atom stereocenters. The lowest BCUT2D eigenvalue weighted by molar-refractivity contribution is 0.167. The minimum absolute atomic E-state index is 0.124. The van der Waals surface area contributed by atoms with Crippen molar-refractivity contribution in [3.05, 3.63) is 34.6 Å². The summed E-state index contributed by atoms with van der Waals surface area (Å²) >= 11 is 0. The second-order valence-corrected chi connectivity index (χ2v) is 4.05. The zero-order chi connectivity index (χ0) is 12.5. The number of halogens is 2. The Morgan fingerprint density at radius 3 is 2.50 bits per heavy atom. The van der Waals surface area contributed by atoms with Crippen molar-refractivity contribution in [3.63, 3.8) is 0 Å². The summed E-state index contributed by atoms with van der Waals surface area (Å²) in [6.45, 7) is 4.51. The van der Waals surface area contributed by atoms with Crippen molar-refractivity contribution in [2.75, 3.05) is 0 Å². The molecule has 1 aromatic rings. The van der Waals surface area contributed by atoms with Crippen LogP contribution >= 0.6 is 0 Å². The first-order valence-corrected chi connectivity index (χ1v) is 4.92. The lowest BCUT2D eigenvalue weighted by atomic mass is 9.86. The van der Waals surface area contributed by atoms with Gasteiger partial charge in [0.1, 0.15) is 11.9 Å². The highest BCUT2D eigenvalue weighted by atomic mass is 19.1. The number of alkyl halides is 1. The van der Waals surface area contributed by atoms with E-state index in [-0.39, 0.29) is 5.56 Å². The summed E-state index contributed by atoms with van der Waals surface area (Å²) in [4.78, 5) is 0. The highest BCUT2D eigenvalue weighted by Gasteiger charge is 2.38. The molecule has 4 heteroatoms. The molecule has 2 unspecified atom stereocenters. The third-order valence-electron chi connectivity index (χ3n) is 2.90. The molecule has 0 aliphatic heterocycles. The minimum atomic E-state index is -2.19. The van der Waals surface area contributed by atoms with Gasteiger partial charge in [0.15, 0.2) is 5.67 Å². The van der Waals surface area contributed by atoms with Crippen molar-refractivity contribution >= 4 is 0 Å². The largest absolute Gasteiger partial charge is 0.313 e. The van der Waals surface area contributed by atoms with Crippen LogP contribution in [0.15, 0.2) is 12.1 Å². The summed E-state index contributed by atoms with van der Waals surface area (Å²) in [7, 11) is 0. The summed E-state index contributed by atoms with van der Waals surface area (Å²) in [5.74, 6) is -0.668. The van der Waals surface area contributed by atoms with Crippen LogP contribution in [0.2, 0.25) is 0 Å². The van der Waals surface area contributed by atoms with Crippen LogP contribution in [0.3, 0.4) is 0 Å². The number of aryl methyl sites for hydroxylation is 1. The number of benzene rings is 1. The molecule has 0 aromatic heterocycles. The molecular weight excluding hydrogens is 210 g/mol. The van der Waals surface area contributed by atoms with Crippen molar-refractivity contribution in [2.24, 2.45) is 5.73 Å². The Bertz CT molecular complexity index is 447. The summed E-state index contributed by atoms with van der Waals surface area (Å²) in [5.41, 5.74) is 4.32. The second-order valence-electron chi connectivity index (χ2n) is 4.05. The molecule has 1 rings (SSSR count). The van der Waals surface area contributed by atoms with E-state index in [4.69, 9.17) is 11.0 Å². The van der Waals surface area contributed by atoms with E-state index in [0.29, 0.717) is 5.56 Å². The second kappa shape index (κ2) is 4.18. The lowest BCUT2D eigenvalue weighted by Crippen LogP contribution is -2.39. The van der Waals surface area contributed by atoms with Crippen LogP contribution in [-0.4, -0.2) is 6.04 Å². The zero-order valence-electron chi connectivity index (χ0n) is 9.51. The van der Waals surface area contributed by atoms with E-state index >= 15 is 0 Å². The summed E-state index contributed by atoms with van der Waals surface area (Å²) < 4.78 is 27.9. The van der Waals surface area contributed by atoms with E-state index in [2.05, 4.69) is 0 Å². The predicted molar refractivity (Wildman–Crippen MR) is 57.9 cm³/mol. The molecule has 0 saturated carbocycles. The highest BCUT2D eigenvalue weighted by Crippen LogP contribution is 2.34. The van der Waals surface area contributed by atoms with Gasteiger partial charge in [-0.05, 0) is 38.0 Å². The van der Waals surface area contributed by atoms with Gasteiger partial charge in [0, 0.05) is 5.56 Å². The maximum absolute atomic E-state index is 14.3. The topological polar surface area (TPSA) is 49.8 Å². The first-order valence-electron chi connectivity index (χ1n) is 4.92. The van der Waals surface area contributed by atoms with E-state index in [1.165, 1.54) is 6.07 Å². The molecule has 0 saturated heterocycles. The number of hydrogen-bond acceptors (Lipinski definition) is 2. The van der Waals surface area contributed by atoms with Gasteiger partial charge in [0.05, 0.1) is 6.07 Å². The molecule has 16 heavy (non-hydrogen) atoms. The van der Waals surface area contributed by atoms with Crippen molar-refractivity contribution in [1.29, 1.82) is 5.26 Å². The van der Waals surface area contributed by atoms with Gasteiger partial charge in [-0.2, -0.15) is 5.26 Å². The van der Waals surface area contributed by atoms with Crippen LogP contribution in [-0.2, 0) is 5.67 Å². The van der Waals surface area contributed by atoms with Crippen molar-refractivity contribution in [1.82, 2.24) is 0 Å². The van der Waals surface area contributed by atoms with Crippen LogP contribution in [0.4, 0.5) is 8.78 Å². The third kappa shape index (κ3) is 1.91. The molecule has 0 heterocycles. The number of hydrogen-bond donors (Lipinski definition) is 1. The van der Waals surface area contributed by atoms with E-state index in [1.807, 2.05) is 0 Å². The maximum atomic E-state index is 14.3. The molecule has 0 fully saturated rings. The molecular formula is C12H14F2N2. The predicted octanol–water partition coefficient (Wildman–Crippen LogP) is 2.48. The Hall–Kier alpha value is -1.47. The Balaban J connectivity index is 3.44. The first-order chi connectivity index (χ1) is 7.32. The van der Waals surface area contributed by atoms with E-state index in [0.717, 1.165) is 12.5 Å². The van der Waals surface area contributed by atoms with Crippen molar-refractivity contribution in [3.8, 4) is 6.07 Å². The van der Waals surface area contributed by atoms with Crippen LogP contribution in [0.25, 0.3) is 0 Å². The average Bonchev–Trinajstić information content (AvgIpc) is 2.22. The molecule has 86 valence electrons. The van der Waals surface area contributed by atoms with E-state index < -0.39 is 17.5 Å². The standard InChI is InChI=1S/C12H14F2N2/c1-7-4-5-9(13)11(8(7)2)12(3,14)10(16)6-15/h4-5,10H,16H2,1-3H3. The monoisotopic (exact) mass is 224 g/mol. The Labute approximate surface area is 93.7 Å². The molecule has 0 spiro atoms. The fourth-order valence-corrected chi connectivity index (χ4v) is 1.66. The van der Waals surface area contributed by atoms with Gasteiger partial charge >= 0.3 is 0 Å². The molecule has 1 aromatic carbocycles. The molecule has 0 aliphatic rings. The minimum Gasteiger partial charge on any atom is -0.313 e. The van der Waals surface area contributed by atoms with E-state index in [9.17, 15) is 8.78 Å². The SMILES string of the molecule is Cc1ccc(F)c(C(C)(F)C(N)C#N)c1C. The number of nitrogens with zero attached hydrogens (tertiary/aromatic N) is 1. The fourth-order valence-electron chi connectivity index (χ4n) is 1.66. The summed E-state index contributed by atoms with van der Waals surface area (Å²) in [6.07, 6.45) is 0. The van der Waals surface area contributed by atoms with Gasteiger partial charge in [-0.3, -0.25) is 0 Å². The molecule has 0 amide bonds. The van der Waals surface area contributed by atoms with Gasteiger partial charge in [-0.1, -0.05) is 6.07 Å². The quantitative estimate of drug-likeness (QED) is 0.839.